The molecule has 1 unspecified atom stereocenters. The zero-order chi connectivity index (χ0) is 20.5. The van der Waals surface area contributed by atoms with Crippen LogP contribution in [0.5, 0.6) is 0 Å². The van der Waals surface area contributed by atoms with Crippen molar-refractivity contribution < 1.29 is 4.79 Å². The summed E-state index contributed by atoms with van der Waals surface area (Å²) < 4.78 is 1.02. The van der Waals surface area contributed by atoms with Gasteiger partial charge in [0.05, 0.1) is 23.6 Å². The van der Waals surface area contributed by atoms with Gasteiger partial charge in [0.15, 0.2) is 5.82 Å². The van der Waals surface area contributed by atoms with Gasteiger partial charge in [-0.25, -0.2) is 9.99 Å². The number of aromatic nitrogens is 2. The number of piperidine rings is 1. The largest absolute Gasteiger partial charge is 0.337 e. The quantitative estimate of drug-likeness (QED) is 0.617. The SMILES string of the molecule is O=C(CN1CCCCC1)N1N=C(c2nc3ccccc3[nH]2)CC1c1ccc(Br)cc1. The van der Waals surface area contributed by atoms with Crippen molar-refractivity contribution in [2.24, 2.45) is 5.10 Å². The Hall–Kier alpha value is -2.51. The predicted molar refractivity (Wildman–Crippen MR) is 121 cm³/mol. The number of imidazole rings is 1. The first-order valence-electron chi connectivity index (χ1n) is 10.5. The van der Waals surface area contributed by atoms with Crippen LogP contribution in [-0.2, 0) is 4.79 Å². The molecule has 7 heteroatoms. The van der Waals surface area contributed by atoms with Crippen LogP contribution >= 0.6 is 15.9 Å². The lowest BCUT2D eigenvalue weighted by Crippen LogP contribution is -2.40. The highest BCUT2D eigenvalue weighted by atomic mass is 79.9. The number of rotatable bonds is 4. The summed E-state index contributed by atoms with van der Waals surface area (Å²) in [4.78, 5) is 23.6. The third kappa shape index (κ3) is 3.91. The molecule has 154 valence electrons. The van der Waals surface area contributed by atoms with Crippen LogP contribution in [0, 0.1) is 0 Å². The van der Waals surface area contributed by atoms with Crippen LogP contribution in [0.15, 0.2) is 58.1 Å². The summed E-state index contributed by atoms with van der Waals surface area (Å²) in [5.41, 5.74) is 3.80. The highest BCUT2D eigenvalue weighted by molar-refractivity contribution is 9.10. The number of fused-ring (bicyclic) bond motifs is 1. The molecule has 3 heterocycles. The average Bonchev–Trinajstić information content (AvgIpc) is 3.40. The van der Waals surface area contributed by atoms with Gasteiger partial charge in [-0.2, -0.15) is 5.10 Å². The number of hydrogen-bond donors (Lipinski definition) is 1. The summed E-state index contributed by atoms with van der Waals surface area (Å²) >= 11 is 3.50. The van der Waals surface area contributed by atoms with E-state index in [1.807, 2.05) is 36.4 Å². The number of benzene rings is 2. The van der Waals surface area contributed by atoms with E-state index in [2.05, 4.69) is 37.9 Å². The molecule has 0 radical (unpaired) electrons. The fourth-order valence-electron chi connectivity index (χ4n) is 4.30. The zero-order valence-corrected chi connectivity index (χ0v) is 18.3. The summed E-state index contributed by atoms with van der Waals surface area (Å²) in [5.74, 6) is 0.794. The number of nitrogens with one attached hydrogen (secondary N) is 1. The number of aromatic amines is 1. The van der Waals surface area contributed by atoms with E-state index >= 15 is 0 Å². The van der Waals surface area contributed by atoms with Crippen LogP contribution < -0.4 is 0 Å². The first kappa shape index (κ1) is 19.5. The first-order chi connectivity index (χ1) is 14.7. The third-order valence-electron chi connectivity index (χ3n) is 5.89. The molecule has 2 aliphatic rings. The van der Waals surface area contributed by atoms with Crippen molar-refractivity contribution in [3.05, 3.63) is 64.4 Å². The number of nitrogens with zero attached hydrogens (tertiary/aromatic N) is 4. The second-order valence-corrected chi connectivity index (χ2v) is 8.91. The molecular weight excluding hydrogens is 442 g/mol. The minimum absolute atomic E-state index is 0.0518. The lowest BCUT2D eigenvalue weighted by atomic mass is 10.0. The molecule has 2 aliphatic heterocycles. The molecule has 3 aromatic rings. The van der Waals surface area contributed by atoms with Crippen LogP contribution in [0.3, 0.4) is 0 Å². The lowest BCUT2D eigenvalue weighted by molar-refractivity contribution is -0.134. The van der Waals surface area contributed by atoms with Crippen LogP contribution in [0.25, 0.3) is 11.0 Å². The van der Waals surface area contributed by atoms with Crippen molar-refractivity contribution in [3.8, 4) is 0 Å². The van der Waals surface area contributed by atoms with E-state index in [0.717, 1.165) is 58.5 Å². The maximum Gasteiger partial charge on any atom is 0.257 e. The minimum Gasteiger partial charge on any atom is -0.337 e. The maximum absolute atomic E-state index is 13.3. The van der Waals surface area contributed by atoms with Gasteiger partial charge in [-0.05, 0) is 55.8 Å². The number of amides is 1. The molecule has 1 N–H and O–H groups in total. The van der Waals surface area contributed by atoms with E-state index in [1.54, 1.807) is 5.01 Å². The Morgan fingerprint density at radius 2 is 1.83 bits per heavy atom. The first-order valence-corrected chi connectivity index (χ1v) is 11.3. The fourth-order valence-corrected chi connectivity index (χ4v) is 4.56. The summed E-state index contributed by atoms with van der Waals surface area (Å²) in [6.07, 6.45) is 4.23. The molecule has 30 heavy (non-hydrogen) atoms. The second kappa shape index (κ2) is 8.32. The topological polar surface area (TPSA) is 64.6 Å². The number of H-pyrrole nitrogens is 1. The van der Waals surface area contributed by atoms with Gasteiger partial charge in [-0.1, -0.05) is 46.6 Å². The summed E-state index contributed by atoms with van der Waals surface area (Å²) in [7, 11) is 0. The van der Waals surface area contributed by atoms with E-state index in [1.165, 1.54) is 6.42 Å². The standard InChI is InChI=1S/C23H24BrN5O/c24-17-10-8-16(9-11-17)21-14-20(23-25-18-6-2-3-7-19(18)26-23)27-29(21)22(30)15-28-12-4-1-5-13-28/h2-3,6-11,21H,1,4-5,12-15H2,(H,25,26). The number of hydrogen-bond acceptors (Lipinski definition) is 4. The van der Waals surface area contributed by atoms with Crippen LogP contribution in [-0.4, -0.2) is 51.1 Å². The molecule has 2 aromatic carbocycles. The van der Waals surface area contributed by atoms with Gasteiger partial charge in [-0.3, -0.25) is 9.69 Å². The molecule has 1 aromatic heterocycles. The lowest BCUT2D eigenvalue weighted by Gasteiger charge is -2.29. The van der Waals surface area contributed by atoms with E-state index in [0.29, 0.717) is 13.0 Å². The molecule has 1 atom stereocenters. The number of carbonyl (C=O) groups excluding carboxylic acids is 1. The molecule has 0 spiro atoms. The molecule has 0 saturated carbocycles. The van der Waals surface area contributed by atoms with E-state index < -0.39 is 0 Å². The number of hydrazone groups is 1. The molecule has 0 aliphatic carbocycles. The van der Waals surface area contributed by atoms with Crippen molar-refractivity contribution in [1.82, 2.24) is 19.9 Å². The smallest absolute Gasteiger partial charge is 0.257 e. The van der Waals surface area contributed by atoms with Gasteiger partial charge >= 0.3 is 0 Å². The molecule has 5 rings (SSSR count). The Morgan fingerprint density at radius 1 is 1.07 bits per heavy atom. The Balaban J connectivity index is 1.45. The zero-order valence-electron chi connectivity index (χ0n) is 16.7. The van der Waals surface area contributed by atoms with Gasteiger partial charge < -0.3 is 4.98 Å². The van der Waals surface area contributed by atoms with Gasteiger partial charge in [0, 0.05) is 10.9 Å². The number of carbonyl (C=O) groups is 1. The van der Waals surface area contributed by atoms with E-state index in [4.69, 9.17) is 10.1 Å². The number of halogens is 1. The summed E-state index contributed by atoms with van der Waals surface area (Å²) in [6, 6.07) is 16.0. The van der Waals surface area contributed by atoms with Crippen LogP contribution in [0.4, 0.5) is 0 Å². The molecule has 1 amide bonds. The predicted octanol–water partition coefficient (Wildman–Crippen LogP) is 4.49. The highest BCUT2D eigenvalue weighted by Gasteiger charge is 2.34. The Labute approximate surface area is 184 Å². The normalized spacial score (nSPS) is 20.0. The Bertz CT molecular complexity index is 1050. The van der Waals surface area contributed by atoms with E-state index in [-0.39, 0.29) is 11.9 Å². The number of likely N-dealkylation sites (tertiary alicyclic amines) is 1. The Kier molecular flexibility index (Phi) is 5.39. The van der Waals surface area contributed by atoms with Gasteiger partial charge in [0.2, 0.25) is 0 Å². The average molecular weight is 466 g/mol. The highest BCUT2D eigenvalue weighted by Crippen LogP contribution is 2.33. The molecule has 1 fully saturated rings. The molecule has 1 saturated heterocycles. The Morgan fingerprint density at radius 3 is 2.60 bits per heavy atom. The van der Waals surface area contributed by atoms with Gasteiger partial charge in [0.25, 0.3) is 5.91 Å². The van der Waals surface area contributed by atoms with Gasteiger partial charge in [-0.15, -0.1) is 0 Å². The fraction of sp³-hybridized carbons (Fsp3) is 0.348. The molecule has 0 bridgehead atoms. The van der Waals surface area contributed by atoms with Crippen LogP contribution in [0.2, 0.25) is 0 Å². The minimum atomic E-state index is -0.112. The summed E-state index contributed by atoms with van der Waals surface area (Å²) in [5, 5.41) is 6.45. The van der Waals surface area contributed by atoms with Crippen molar-refractivity contribution in [2.75, 3.05) is 19.6 Å². The van der Waals surface area contributed by atoms with E-state index in [9.17, 15) is 4.79 Å². The maximum atomic E-state index is 13.3. The molecular formula is C23H24BrN5O. The van der Waals surface area contributed by atoms with Crippen molar-refractivity contribution in [3.63, 3.8) is 0 Å². The van der Waals surface area contributed by atoms with Crippen molar-refractivity contribution >= 4 is 38.6 Å². The van der Waals surface area contributed by atoms with Crippen LogP contribution in [0.1, 0.15) is 43.1 Å². The monoisotopic (exact) mass is 465 g/mol. The van der Waals surface area contributed by atoms with Crippen molar-refractivity contribution in [2.45, 2.75) is 31.7 Å². The second-order valence-electron chi connectivity index (χ2n) is 8.00. The third-order valence-corrected chi connectivity index (χ3v) is 6.42. The molecule has 6 nitrogen and oxygen atoms in total. The number of para-hydroxylation sites is 2. The van der Waals surface area contributed by atoms with Crippen molar-refractivity contribution in [1.29, 1.82) is 0 Å². The summed E-state index contributed by atoms with van der Waals surface area (Å²) in [6.45, 7) is 2.40. The van der Waals surface area contributed by atoms with Gasteiger partial charge in [0.1, 0.15) is 5.71 Å².